The zero-order chi connectivity index (χ0) is 15.6. The zero-order valence-electron chi connectivity index (χ0n) is 10.5. The molecule has 0 atom stereocenters. The molecule has 0 unspecified atom stereocenters. The topological polar surface area (TPSA) is 107 Å². The first kappa shape index (κ1) is 18.5. The molecule has 2 aromatic carbocycles. The van der Waals surface area contributed by atoms with Crippen LogP contribution in [-0.2, 0) is 0 Å². The summed E-state index contributed by atoms with van der Waals surface area (Å²) in [5.41, 5.74) is -0.124. The molecule has 2 aromatic rings. The second kappa shape index (κ2) is 7.64. The van der Waals surface area contributed by atoms with E-state index in [1.54, 1.807) is 12.1 Å². The standard InChI is InChI=1S/C14H10BrNO5.Na.H/c15-10-6-7(5-9(12(10)18)14(20)21)16-13(19)8-3-1-2-4-11(8)17;;/h1-6,17-18H,(H,16,19)(H,20,21);;. The first-order valence-electron chi connectivity index (χ1n) is 5.75. The number of carboxylic acids is 1. The molecule has 4 N–H and O–H groups in total. The zero-order valence-corrected chi connectivity index (χ0v) is 12.1. The van der Waals surface area contributed by atoms with E-state index in [9.17, 15) is 19.8 Å². The van der Waals surface area contributed by atoms with Gasteiger partial charge >= 0.3 is 35.5 Å². The van der Waals surface area contributed by atoms with Gasteiger partial charge in [0.15, 0.2) is 0 Å². The van der Waals surface area contributed by atoms with Gasteiger partial charge in [0.25, 0.3) is 5.91 Å². The number of carbonyl (C=O) groups excluding carboxylic acids is 1. The van der Waals surface area contributed by atoms with Crippen LogP contribution in [0.25, 0.3) is 0 Å². The van der Waals surface area contributed by atoms with Crippen molar-refractivity contribution in [2.45, 2.75) is 0 Å². The van der Waals surface area contributed by atoms with Crippen LogP contribution in [0.1, 0.15) is 20.7 Å². The number of carbonyl (C=O) groups is 2. The molecule has 8 heteroatoms. The summed E-state index contributed by atoms with van der Waals surface area (Å²) in [7, 11) is 0. The Morgan fingerprint density at radius 2 is 1.68 bits per heavy atom. The molecular formula is C14H11BrNNaO5. The minimum atomic E-state index is -1.33. The van der Waals surface area contributed by atoms with E-state index in [2.05, 4.69) is 21.2 Å². The quantitative estimate of drug-likeness (QED) is 0.485. The molecule has 0 aliphatic rings. The number of hydrogen-bond acceptors (Lipinski definition) is 4. The SMILES string of the molecule is O=C(Nc1cc(Br)c(O)c(C(=O)O)c1)c1ccccc1O.[NaH]. The summed E-state index contributed by atoms with van der Waals surface area (Å²) in [6, 6.07) is 8.44. The predicted octanol–water partition coefficient (Wildman–Crippen LogP) is 2.16. The number of amides is 1. The van der Waals surface area contributed by atoms with E-state index in [4.69, 9.17) is 5.11 Å². The molecule has 6 nitrogen and oxygen atoms in total. The average Bonchev–Trinajstić information content (AvgIpc) is 2.42. The summed E-state index contributed by atoms with van der Waals surface area (Å²) < 4.78 is 0.134. The van der Waals surface area contributed by atoms with Gasteiger partial charge in [-0.25, -0.2) is 4.79 Å². The van der Waals surface area contributed by atoms with Gasteiger partial charge in [0.2, 0.25) is 0 Å². The Hall–Kier alpha value is -1.54. The Balaban J connectivity index is 0.00000242. The molecule has 0 radical (unpaired) electrons. The molecule has 110 valence electrons. The summed E-state index contributed by atoms with van der Waals surface area (Å²) in [5, 5.41) is 30.6. The third kappa shape index (κ3) is 4.01. The van der Waals surface area contributed by atoms with E-state index in [0.717, 1.165) is 6.07 Å². The monoisotopic (exact) mass is 375 g/mol. The summed E-state index contributed by atoms with van der Waals surface area (Å²) in [6.45, 7) is 0. The van der Waals surface area contributed by atoms with Gasteiger partial charge in [-0.05, 0) is 40.2 Å². The van der Waals surface area contributed by atoms with E-state index in [-0.39, 0.29) is 56.6 Å². The molecule has 0 fully saturated rings. The van der Waals surface area contributed by atoms with Crippen molar-refractivity contribution < 1.29 is 24.9 Å². The van der Waals surface area contributed by atoms with Crippen LogP contribution in [0.5, 0.6) is 11.5 Å². The van der Waals surface area contributed by atoms with Crippen molar-refractivity contribution in [3.8, 4) is 11.5 Å². The maximum absolute atomic E-state index is 12.0. The molecule has 0 saturated heterocycles. The average molecular weight is 376 g/mol. The number of aromatic carboxylic acids is 1. The molecular weight excluding hydrogens is 365 g/mol. The van der Waals surface area contributed by atoms with Gasteiger partial charge in [-0.1, -0.05) is 12.1 Å². The number of halogens is 1. The predicted molar refractivity (Wildman–Crippen MR) is 86.0 cm³/mol. The molecule has 22 heavy (non-hydrogen) atoms. The molecule has 1 amide bonds. The Morgan fingerprint density at radius 3 is 2.27 bits per heavy atom. The van der Waals surface area contributed by atoms with Gasteiger partial charge < -0.3 is 20.6 Å². The number of phenolic OH excluding ortho intramolecular Hbond substituents is 1. The van der Waals surface area contributed by atoms with E-state index in [1.165, 1.54) is 18.2 Å². The number of anilines is 1. The van der Waals surface area contributed by atoms with Crippen molar-refractivity contribution in [1.82, 2.24) is 0 Å². The fourth-order valence-electron chi connectivity index (χ4n) is 1.70. The van der Waals surface area contributed by atoms with Crippen LogP contribution in [0.15, 0.2) is 40.9 Å². The van der Waals surface area contributed by atoms with Crippen LogP contribution in [0, 0.1) is 0 Å². The fourth-order valence-corrected chi connectivity index (χ4v) is 2.16. The second-order valence-corrected chi connectivity index (χ2v) is 4.98. The number of aromatic hydroxyl groups is 2. The molecule has 0 heterocycles. The van der Waals surface area contributed by atoms with E-state index in [1.807, 2.05) is 0 Å². The number of phenols is 2. The number of para-hydroxylation sites is 1. The van der Waals surface area contributed by atoms with Gasteiger partial charge in [0.05, 0.1) is 10.0 Å². The number of carboxylic acid groups (broad SMARTS) is 1. The van der Waals surface area contributed by atoms with Crippen molar-refractivity contribution >= 4 is 63.1 Å². The number of hydrogen-bond donors (Lipinski definition) is 4. The third-order valence-corrected chi connectivity index (χ3v) is 3.30. The van der Waals surface area contributed by atoms with Crippen molar-refractivity contribution in [3.05, 3.63) is 52.0 Å². The van der Waals surface area contributed by atoms with Crippen LogP contribution in [0.3, 0.4) is 0 Å². The summed E-state index contributed by atoms with van der Waals surface area (Å²) in [5.74, 6) is -2.54. The van der Waals surface area contributed by atoms with E-state index >= 15 is 0 Å². The van der Waals surface area contributed by atoms with E-state index in [0.29, 0.717) is 0 Å². The molecule has 0 aliphatic carbocycles. The first-order chi connectivity index (χ1) is 9.90. The molecule has 0 saturated carbocycles. The molecule has 2 rings (SSSR count). The van der Waals surface area contributed by atoms with Crippen molar-refractivity contribution in [2.24, 2.45) is 0 Å². The first-order valence-corrected chi connectivity index (χ1v) is 6.54. The molecule has 0 spiro atoms. The number of benzene rings is 2. The third-order valence-electron chi connectivity index (χ3n) is 2.70. The normalized spacial score (nSPS) is 9.68. The summed E-state index contributed by atoms with van der Waals surface area (Å²) in [6.07, 6.45) is 0. The van der Waals surface area contributed by atoms with Crippen molar-refractivity contribution in [1.29, 1.82) is 0 Å². The van der Waals surface area contributed by atoms with Crippen LogP contribution in [0.4, 0.5) is 5.69 Å². The molecule has 0 aliphatic heterocycles. The Kier molecular flexibility index (Phi) is 6.43. The van der Waals surface area contributed by atoms with Crippen LogP contribution < -0.4 is 5.32 Å². The maximum atomic E-state index is 12.0. The van der Waals surface area contributed by atoms with Crippen molar-refractivity contribution in [3.63, 3.8) is 0 Å². The van der Waals surface area contributed by atoms with Gasteiger partial charge in [-0.3, -0.25) is 4.79 Å². The van der Waals surface area contributed by atoms with E-state index < -0.39 is 17.6 Å². The van der Waals surface area contributed by atoms with Crippen LogP contribution in [0.2, 0.25) is 0 Å². The van der Waals surface area contributed by atoms with Gasteiger partial charge in [0.1, 0.15) is 17.1 Å². The number of rotatable bonds is 3. The second-order valence-electron chi connectivity index (χ2n) is 4.13. The van der Waals surface area contributed by atoms with Crippen LogP contribution in [-0.4, -0.2) is 56.8 Å². The van der Waals surface area contributed by atoms with Crippen molar-refractivity contribution in [2.75, 3.05) is 5.32 Å². The Labute approximate surface area is 156 Å². The van der Waals surface area contributed by atoms with Gasteiger partial charge in [0, 0.05) is 5.69 Å². The Bertz CT molecular complexity index is 735. The van der Waals surface area contributed by atoms with Gasteiger partial charge in [-0.15, -0.1) is 0 Å². The van der Waals surface area contributed by atoms with Crippen LogP contribution >= 0.6 is 15.9 Å². The molecule has 0 aromatic heterocycles. The summed E-state index contributed by atoms with van der Waals surface area (Å²) in [4.78, 5) is 23.0. The Morgan fingerprint density at radius 1 is 1.05 bits per heavy atom. The number of nitrogens with one attached hydrogen (secondary N) is 1. The summed E-state index contributed by atoms with van der Waals surface area (Å²) >= 11 is 3.01. The van der Waals surface area contributed by atoms with Gasteiger partial charge in [-0.2, -0.15) is 0 Å². The fraction of sp³-hybridized carbons (Fsp3) is 0. The minimum absolute atomic E-state index is 0. The molecule has 0 bridgehead atoms.